The molecule has 0 aliphatic heterocycles. The van der Waals surface area contributed by atoms with Crippen LogP contribution in [0.1, 0.15) is 32.0 Å². The summed E-state index contributed by atoms with van der Waals surface area (Å²) in [5.74, 6) is -1.55. The molecule has 6 nitrogen and oxygen atoms in total. The second-order valence-corrected chi connectivity index (χ2v) is 6.57. The molecular formula is C20H17ClFN3O3. The van der Waals surface area contributed by atoms with Crippen molar-refractivity contribution in [2.24, 2.45) is 0 Å². The molecule has 0 spiro atoms. The number of halogens is 2. The average molecular weight is 402 g/mol. The molecule has 3 rings (SSSR count). The number of Topliss-reactive ketones (excluding diaryl/α,β-unsaturated/α-hetero) is 1. The second kappa shape index (κ2) is 7.82. The second-order valence-electron chi connectivity index (χ2n) is 6.17. The lowest BCUT2D eigenvalue weighted by molar-refractivity contribution is 0.0475. The number of nitrogens with two attached hydrogens (primary N) is 1. The number of hydrogen-bond acceptors (Lipinski definition) is 5. The quantitative estimate of drug-likeness (QED) is 0.517. The van der Waals surface area contributed by atoms with Crippen molar-refractivity contribution in [2.45, 2.75) is 13.8 Å². The predicted molar refractivity (Wildman–Crippen MR) is 103 cm³/mol. The van der Waals surface area contributed by atoms with E-state index in [-0.39, 0.29) is 27.8 Å². The van der Waals surface area contributed by atoms with E-state index in [0.29, 0.717) is 16.9 Å². The van der Waals surface area contributed by atoms with Crippen LogP contribution < -0.4 is 5.73 Å². The van der Waals surface area contributed by atoms with E-state index in [1.807, 2.05) is 0 Å². The summed E-state index contributed by atoms with van der Waals surface area (Å²) in [6.45, 7) is 2.82. The van der Waals surface area contributed by atoms with Crippen LogP contribution in [0.2, 0.25) is 5.02 Å². The molecule has 0 saturated carbocycles. The first-order valence-electron chi connectivity index (χ1n) is 8.36. The van der Waals surface area contributed by atoms with Crippen molar-refractivity contribution < 1.29 is 18.7 Å². The van der Waals surface area contributed by atoms with Crippen LogP contribution in [0.4, 0.5) is 10.2 Å². The topological polar surface area (TPSA) is 87.2 Å². The van der Waals surface area contributed by atoms with Crippen molar-refractivity contribution >= 4 is 29.2 Å². The summed E-state index contributed by atoms with van der Waals surface area (Å²) in [6, 6.07) is 10.6. The van der Waals surface area contributed by atoms with Crippen LogP contribution in [0, 0.1) is 19.7 Å². The number of carbonyl (C=O) groups is 2. The van der Waals surface area contributed by atoms with Crippen molar-refractivity contribution in [3.8, 4) is 5.69 Å². The predicted octanol–water partition coefficient (Wildman–Crippen LogP) is 3.90. The van der Waals surface area contributed by atoms with Crippen molar-refractivity contribution in [1.29, 1.82) is 0 Å². The van der Waals surface area contributed by atoms with E-state index in [1.54, 1.807) is 38.1 Å². The smallest absolute Gasteiger partial charge is 0.344 e. The van der Waals surface area contributed by atoms with E-state index < -0.39 is 18.4 Å². The SMILES string of the molecule is Cc1cc(F)ccc1-n1nc(C)c(C(=O)OCC(=O)c2ccccc2Cl)c1N. The Morgan fingerprint density at radius 1 is 1.21 bits per heavy atom. The molecule has 0 fully saturated rings. The number of ether oxygens (including phenoxy) is 1. The van der Waals surface area contributed by atoms with Crippen molar-refractivity contribution in [1.82, 2.24) is 9.78 Å². The summed E-state index contributed by atoms with van der Waals surface area (Å²) < 4.78 is 19.8. The number of hydrogen-bond donors (Lipinski definition) is 1. The number of nitrogen functional groups attached to an aromatic ring is 1. The third kappa shape index (κ3) is 3.75. The fraction of sp³-hybridized carbons (Fsp3) is 0.150. The Bertz CT molecular complexity index is 1080. The van der Waals surface area contributed by atoms with Gasteiger partial charge < -0.3 is 10.5 Å². The van der Waals surface area contributed by atoms with Crippen LogP contribution in [0.3, 0.4) is 0 Å². The summed E-state index contributed by atoms with van der Waals surface area (Å²) in [5.41, 5.74) is 7.87. The first-order valence-corrected chi connectivity index (χ1v) is 8.74. The van der Waals surface area contributed by atoms with Crippen LogP contribution >= 0.6 is 11.6 Å². The largest absolute Gasteiger partial charge is 0.454 e. The third-order valence-electron chi connectivity index (χ3n) is 4.20. The van der Waals surface area contributed by atoms with Crippen LogP contribution in [0.25, 0.3) is 5.69 Å². The molecule has 1 aromatic heterocycles. The zero-order valence-electron chi connectivity index (χ0n) is 15.2. The van der Waals surface area contributed by atoms with Gasteiger partial charge in [0, 0.05) is 5.56 Å². The Morgan fingerprint density at radius 2 is 1.93 bits per heavy atom. The Balaban J connectivity index is 1.82. The molecule has 8 heteroatoms. The van der Waals surface area contributed by atoms with Gasteiger partial charge in [-0.3, -0.25) is 4.79 Å². The normalized spacial score (nSPS) is 10.7. The van der Waals surface area contributed by atoms with Gasteiger partial charge >= 0.3 is 5.97 Å². The summed E-state index contributed by atoms with van der Waals surface area (Å²) in [7, 11) is 0. The maximum atomic E-state index is 13.3. The number of aryl methyl sites for hydroxylation is 2. The van der Waals surface area contributed by atoms with Crippen LogP contribution in [-0.2, 0) is 4.74 Å². The Hall–Kier alpha value is -3.19. The lowest BCUT2D eigenvalue weighted by atomic mass is 10.1. The molecule has 0 bridgehead atoms. The number of nitrogens with zero attached hydrogens (tertiary/aromatic N) is 2. The fourth-order valence-corrected chi connectivity index (χ4v) is 3.05. The number of carbonyl (C=O) groups excluding carboxylic acids is 2. The molecule has 2 N–H and O–H groups in total. The maximum Gasteiger partial charge on any atom is 0.344 e. The zero-order chi connectivity index (χ0) is 20.4. The number of benzene rings is 2. The highest BCUT2D eigenvalue weighted by Gasteiger charge is 2.23. The number of ketones is 1. The molecule has 2 aromatic carbocycles. The van der Waals surface area contributed by atoms with Gasteiger partial charge in [-0.1, -0.05) is 23.7 Å². The minimum Gasteiger partial charge on any atom is -0.454 e. The fourth-order valence-electron chi connectivity index (χ4n) is 2.81. The van der Waals surface area contributed by atoms with Gasteiger partial charge in [0.05, 0.1) is 16.4 Å². The minimum absolute atomic E-state index is 0.0439. The molecular weight excluding hydrogens is 385 g/mol. The average Bonchev–Trinajstić information content (AvgIpc) is 2.94. The number of esters is 1. The first-order chi connectivity index (χ1) is 13.3. The van der Waals surface area contributed by atoms with E-state index in [1.165, 1.54) is 22.9 Å². The molecule has 144 valence electrons. The van der Waals surface area contributed by atoms with E-state index in [0.717, 1.165) is 0 Å². The molecule has 0 atom stereocenters. The summed E-state index contributed by atoms with van der Waals surface area (Å²) in [5, 5.41) is 4.53. The standard InChI is InChI=1S/C20H17ClFN3O3/c1-11-9-13(22)7-8-16(11)25-19(23)18(12(2)24-25)20(27)28-10-17(26)14-5-3-4-6-15(14)21/h3-9H,10,23H2,1-2H3. The van der Waals surface area contributed by atoms with Crippen molar-refractivity contribution in [3.63, 3.8) is 0 Å². The van der Waals surface area contributed by atoms with Crippen molar-refractivity contribution in [2.75, 3.05) is 12.3 Å². The van der Waals surface area contributed by atoms with Gasteiger partial charge in [0.15, 0.2) is 6.61 Å². The Labute approximate surface area is 165 Å². The van der Waals surface area contributed by atoms with E-state index in [4.69, 9.17) is 22.1 Å². The lowest BCUT2D eigenvalue weighted by Crippen LogP contribution is -2.16. The first kappa shape index (κ1) is 19.6. The van der Waals surface area contributed by atoms with Gasteiger partial charge in [-0.25, -0.2) is 13.9 Å². The van der Waals surface area contributed by atoms with Crippen LogP contribution in [-0.4, -0.2) is 28.1 Å². The van der Waals surface area contributed by atoms with E-state index >= 15 is 0 Å². The minimum atomic E-state index is -0.776. The lowest BCUT2D eigenvalue weighted by Gasteiger charge is -2.09. The highest BCUT2D eigenvalue weighted by Crippen LogP contribution is 2.24. The van der Waals surface area contributed by atoms with Gasteiger partial charge in [0.1, 0.15) is 17.2 Å². The maximum absolute atomic E-state index is 13.3. The molecule has 1 heterocycles. The number of aromatic nitrogens is 2. The van der Waals surface area contributed by atoms with E-state index in [2.05, 4.69) is 5.10 Å². The monoisotopic (exact) mass is 401 g/mol. The van der Waals surface area contributed by atoms with Gasteiger partial charge in [0.25, 0.3) is 0 Å². The van der Waals surface area contributed by atoms with Gasteiger partial charge in [0.2, 0.25) is 5.78 Å². The highest BCUT2D eigenvalue weighted by atomic mass is 35.5. The molecule has 3 aromatic rings. The molecule has 0 aliphatic rings. The van der Waals surface area contributed by atoms with Gasteiger partial charge in [-0.2, -0.15) is 5.10 Å². The molecule has 0 unspecified atom stereocenters. The van der Waals surface area contributed by atoms with Crippen LogP contribution in [0.15, 0.2) is 42.5 Å². The summed E-state index contributed by atoms with van der Waals surface area (Å²) >= 11 is 5.98. The molecule has 0 radical (unpaired) electrons. The molecule has 0 amide bonds. The summed E-state index contributed by atoms with van der Waals surface area (Å²) in [6.07, 6.45) is 0. The molecule has 0 aliphatic carbocycles. The van der Waals surface area contributed by atoms with E-state index in [9.17, 15) is 14.0 Å². The van der Waals surface area contributed by atoms with Gasteiger partial charge in [-0.05, 0) is 49.7 Å². The third-order valence-corrected chi connectivity index (χ3v) is 4.53. The number of rotatable bonds is 5. The van der Waals surface area contributed by atoms with Gasteiger partial charge in [-0.15, -0.1) is 0 Å². The Kier molecular flexibility index (Phi) is 5.46. The highest BCUT2D eigenvalue weighted by molar-refractivity contribution is 6.34. The Morgan fingerprint density at radius 3 is 2.61 bits per heavy atom. The molecule has 0 saturated heterocycles. The van der Waals surface area contributed by atoms with Crippen LogP contribution in [0.5, 0.6) is 0 Å². The van der Waals surface area contributed by atoms with Crippen molar-refractivity contribution in [3.05, 3.63) is 75.7 Å². The number of anilines is 1. The molecule has 28 heavy (non-hydrogen) atoms. The zero-order valence-corrected chi connectivity index (χ0v) is 16.0. The summed E-state index contributed by atoms with van der Waals surface area (Å²) in [4.78, 5) is 24.7.